The molecule has 0 bridgehead atoms. The Balaban J connectivity index is 1.74. The van der Waals surface area contributed by atoms with Crippen LogP contribution in [0.4, 0.5) is 4.39 Å². The topological polar surface area (TPSA) is 99.1 Å². The van der Waals surface area contributed by atoms with Gasteiger partial charge < -0.3 is 10.3 Å². The van der Waals surface area contributed by atoms with E-state index in [1.54, 1.807) is 0 Å². The van der Waals surface area contributed by atoms with Crippen molar-refractivity contribution in [2.75, 3.05) is 6.26 Å². The van der Waals surface area contributed by atoms with Crippen molar-refractivity contribution >= 4 is 20.8 Å². The van der Waals surface area contributed by atoms with Crippen molar-refractivity contribution in [2.24, 2.45) is 5.73 Å². The first-order chi connectivity index (χ1) is 14.2. The van der Waals surface area contributed by atoms with Crippen LogP contribution in [0, 0.1) is 12.7 Å². The molecule has 6 nitrogen and oxygen atoms in total. The van der Waals surface area contributed by atoms with E-state index >= 15 is 0 Å². The first-order valence-corrected chi connectivity index (χ1v) is 11.2. The number of aromatic nitrogens is 2. The molecule has 1 unspecified atom stereocenters. The zero-order valence-electron chi connectivity index (χ0n) is 16.5. The summed E-state index contributed by atoms with van der Waals surface area (Å²) in [6.07, 6.45) is 1.06. The molecule has 1 atom stereocenters. The van der Waals surface area contributed by atoms with Crippen LogP contribution >= 0.6 is 0 Å². The van der Waals surface area contributed by atoms with Gasteiger partial charge in [0.1, 0.15) is 11.5 Å². The second kappa shape index (κ2) is 7.62. The van der Waals surface area contributed by atoms with Crippen molar-refractivity contribution in [3.05, 3.63) is 77.2 Å². The number of fused-ring (bicyclic) bond motifs is 1. The summed E-state index contributed by atoms with van der Waals surface area (Å²) >= 11 is 0. The molecule has 0 radical (unpaired) electrons. The van der Waals surface area contributed by atoms with Gasteiger partial charge in [-0.2, -0.15) is 0 Å². The highest BCUT2D eigenvalue weighted by molar-refractivity contribution is 7.90. The fourth-order valence-electron chi connectivity index (χ4n) is 3.41. The van der Waals surface area contributed by atoms with E-state index in [-0.39, 0.29) is 17.1 Å². The van der Waals surface area contributed by atoms with Gasteiger partial charge in [0, 0.05) is 29.7 Å². The van der Waals surface area contributed by atoms with E-state index in [2.05, 4.69) is 10.1 Å². The Labute approximate surface area is 173 Å². The number of rotatable bonds is 5. The van der Waals surface area contributed by atoms with Crippen molar-refractivity contribution < 1.29 is 17.3 Å². The Morgan fingerprint density at radius 1 is 1.13 bits per heavy atom. The highest BCUT2D eigenvalue weighted by Gasteiger charge is 2.20. The van der Waals surface area contributed by atoms with Gasteiger partial charge in [-0.25, -0.2) is 17.8 Å². The highest BCUT2D eigenvalue weighted by Crippen LogP contribution is 2.33. The standard InChI is InChI=1S/C22H20FN3O3S/c1-13-7-8-16-20(11-13)29-26-22(16)15-6-4-3-5-14(15)18(24)12-19-17(23)9-10-21(25-19)30(2,27)28/h3-11,18H,12,24H2,1-2H3. The average molecular weight is 425 g/mol. The molecule has 0 aliphatic heterocycles. The van der Waals surface area contributed by atoms with Gasteiger partial charge in [-0.15, -0.1) is 0 Å². The molecule has 0 aliphatic rings. The molecule has 2 aromatic carbocycles. The van der Waals surface area contributed by atoms with Crippen LogP contribution < -0.4 is 5.73 Å². The lowest BCUT2D eigenvalue weighted by Crippen LogP contribution is -2.17. The van der Waals surface area contributed by atoms with Crippen molar-refractivity contribution in [1.29, 1.82) is 0 Å². The molecule has 0 aliphatic carbocycles. The number of aryl methyl sites for hydroxylation is 1. The lowest BCUT2D eigenvalue weighted by Gasteiger charge is -2.16. The number of hydrogen-bond donors (Lipinski definition) is 1. The predicted octanol–water partition coefficient (Wildman–Crippen LogP) is 3.98. The Morgan fingerprint density at radius 2 is 1.90 bits per heavy atom. The fourth-order valence-corrected chi connectivity index (χ4v) is 4.00. The minimum atomic E-state index is -3.55. The molecule has 2 aromatic heterocycles. The summed E-state index contributed by atoms with van der Waals surface area (Å²) in [6.45, 7) is 1.97. The number of halogens is 1. The third-order valence-electron chi connectivity index (χ3n) is 4.93. The fraction of sp³-hybridized carbons (Fsp3) is 0.182. The lowest BCUT2D eigenvalue weighted by atomic mass is 9.94. The van der Waals surface area contributed by atoms with E-state index in [0.717, 1.165) is 40.5 Å². The Hall–Kier alpha value is -3.10. The third-order valence-corrected chi connectivity index (χ3v) is 5.92. The summed E-state index contributed by atoms with van der Waals surface area (Å²) < 4.78 is 43.3. The second-order valence-electron chi connectivity index (χ2n) is 7.28. The van der Waals surface area contributed by atoms with Gasteiger partial charge in [-0.1, -0.05) is 35.5 Å². The molecule has 0 amide bonds. The van der Waals surface area contributed by atoms with Gasteiger partial charge in [-0.05, 0) is 42.3 Å². The van der Waals surface area contributed by atoms with Crippen molar-refractivity contribution in [3.63, 3.8) is 0 Å². The van der Waals surface area contributed by atoms with Gasteiger partial charge in [0.2, 0.25) is 0 Å². The molecule has 30 heavy (non-hydrogen) atoms. The molecular weight excluding hydrogens is 405 g/mol. The van der Waals surface area contributed by atoms with E-state index in [0.29, 0.717) is 11.3 Å². The highest BCUT2D eigenvalue weighted by atomic mass is 32.2. The first-order valence-electron chi connectivity index (χ1n) is 9.30. The number of pyridine rings is 1. The predicted molar refractivity (Wildman–Crippen MR) is 112 cm³/mol. The Bertz CT molecular complexity index is 1350. The maximum absolute atomic E-state index is 14.3. The summed E-state index contributed by atoms with van der Waals surface area (Å²) in [5.41, 5.74) is 10.3. The van der Waals surface area contributed by atoms with Crippen molar-refractivity contribution in [2.45, 2.75) is 24.4 Å². The van der Waals surface area contributed by atoms with Gasteiger partial charge in [0.15, 0.2) is 20.4 Å². The van der Waals surface area contributed by atoms with Crippen LogP contribution in [0.2, 0.25) is 0 Å². The smallest absolute Gasteiger partial charge is 0.192 e. The minimum absolute atomic E-state index is 0.000800. The summed E-state index contributed by atoms with van der Waals surface area (Å²) in [6, 6.07) is 14.9. The first kappa shape index (κ1) is 20.2. The van der Waals surface area contributed by atoms with Gasteiger partial charge in [0.25, 0.3) is 0 Å². The molecular formula is C22H20FN3O3S. The molecule has 0 fully saturated rings. The average Bonchev–Trinajstić information content (AvgIpc) is 3.11. The van der Waals surface area contributed by atoms with Gasteiger partial charge in [0.05, 0.1) is 5.69 Å². The second-order valence-corrected chi connectivity index (χ2v) is 9.24. The van der Waals surface area contributed by atoms with Crippen molar-refractivity contribution in [3.8, 4) is 11.3 Å². The molecule has 0 saturated heterocycles. The molecule has 4 rings (SSSR count). The van der Waals surface area contributed by atoms with Crippen LogP contribution in [0.3, 0.4) is 0 Å². The SMILES string of the molecule is Cc1ccc2c(-c3ccccc3C(N)Cc3nc(S(C)(=O)=O)ccc3F)noc2c1. The number of sulfone groups is 1. The number of nitrogens with two attached hydrogens (primary N) is 1. The van der Waals surface area contributed by atoms with E-state index in [4.69, 9.17) is 10.3 Å². The Morgan fingerprint density at radius 3 is 2.67 bits per heavy atom. The van der Waals surface area contributed by atoms with Gasteiger partial charge >= 0.3 is 0 Å². The number of nitrogens with zero attached hydrogens (tertiary/aromatic N) is 2. The third kappa shape index (κ3) is 3.83. The van der Waals surface area contributed by atoms with E-state index in [9.17, 15) is 12.8 Å². The van der Waals surface area contributed by atoms with E-state index in [1.165, 1.54) is 0 Å². The molecule has 2 N–H and O–H groups in total. The van der Waals surface area contributed by atoms with Crippen molar-refractivity contribution in [1.82, 2.24) is 10.1 Å². The van der Waals surface area contributed by atoms with Crippen LogP contribution in [0.25, 0.3) is 22.2 Å². The van der Waals surface area contributed by atoms with E-state index in [1.807, 2.05) is 49.4 Å². The lowest BCUT2D eigenvalue weighted by molar-refractivity contribution is 0.459. The van der Waals surface area contributed by atoms with Crippen LogP contribution in [-0.2, 0) is 16.3 Å². The van der Waals surface area contributed by atoms with Crippen LogP contribution in [0.1, 0.15) is 22.9 Å². The molecule has 4 aromatic rings. The quantitative estimate of drug-likeness (QED) is 0.519. The number of hydrogen-bond acceptors (Lipinski definition) is 6. The van der Waals surface area contributed by atoms with Crippen LogP contribution in [0.15, 0.2) is 64.1 Å². The van der Waals surface area contributed by atoms with Crippen LogP contribution in [-0.4, -0.2) is 24.8 Å². The molecule has 0 saturated carbocycles. The zero-order valence-corrected chi connectivity index (χ0v) is 17.3. The monoisotopic (exact) mass is 425 g/mol. The molecule has 154 valence electrons. The van der Waals surface area contributed by atoms with E-state index < -0.39 is 21.7 Å². The maximum Gasteiger partial charge on any atom is 0.192 e. The summed E-state index contributed by atoms with van der Waals surface area (Å²) in [5.74, 6) is -0.599. The summed E-state index contributed by atoms with van der Waals surface area (Å²) in [5, 5.41) is 4.89. The number of benzene rings is 2. The zero-order chi connectivity index (χ0) is 21.5. The summed E-state index contributed by atoms with van der Waals surface area (Å²) in [4.78, 5) is 3.98. The molecule has 2 heterocycles. The maximum atomic E-state index is 14.3. The summed E-state index contributed by atoms with van der Waals surface area (Å²) in [7, 11) is -3.55. The normalized spacial score (nSPS) is 12.9. The molecule has 8 heteroatoms. The van der Waals surface area contributed by atoms with Gasteiger partial charge in [-0.3, -0.25) is 0 Å². The largest absolute Gasteiger partial charge is 0.356 e. The molecule has 0 spiro atoms. The minimum Gasteiger partial charge on any atom is -0.356 e. The Kier molecular flexibility index (Phi) is 5.13. The van der Waals surface area contributed by atoms with Crippen LogP contribution in [0.5, 0.6) is 0 Å².